The minimum Gasteiger partial charge on any atom is -0.368 e. The topological polar surface area (TPSA) is 50.6 Å². The standard InChI is InChI=1S/C24H25ClN4O2/c1-17-3-2-4-20(13-17)27-9-11-28(12-10-27)24(30)22-14-21-16-31-23(15-29(21)26-22)18-5-7-19(25)8-6-18/h2-8,13-14,23H,9-12,15-16H2,1H3/t23-/m0/s1. The van der Waals surface area contributed by atoms with E-state index >= 15 is 0 Å². The number of hydrogen-bond donors (Lipinski definition) is 0. The summed E-state index contributed by atoms with van der Waals surface area (Å²) in [6.07, 6.45) is -0.0921. The van der Waals surface area contributed by atoms with Crippen molar-refractivity contribution >= 4 is 23.2 Å². The van der Waals surface area contributed by atoms with Crippen molar-refractivity contribution in [2.24, 2.45) is 0 Å². The highest BCUT2D eigenvalue weighted by molar-refractivity contribution is 6.30. The van der Waals surface area contributed by atoms with Crippen LogP contribution >= 0.6 is 11.6 Å². The van der Waals surface area contributed by atoms with Crippen molar-refractivity contribution in [3.63, 3.8) is 0 Å². The summed E-state index contributed by atoms with van der Waals surface area (Å²) in [7, 11) is 0. The van der Waals surface area contributed by atoms with Gasteiger partial charge in [-0.3, -0.25) is 9.48 Å². The molecular formula is C24H25ClN4O2. The molecule has 2 aliphatic rings. The van der Waals surface area contributed by atoms with Gasteiger partial charge in [0.25, 0.3) is 5.91 Å². The fourth-order valence-electron chi connectivity index (χ4n) is 4.26. The fraction of sp³-hybridized carbons (Fsp3) is 0.333. The third kappa shape index (κ3) is 4.18. The molecule has 3 aromatic rings. The smallest absolute Gasteiger partial charge is 0.274 e. The molecule has 3 heterocycles. The number of amides is 1. The molecule has 0 N–H and O–H groups in total. The summed E-state index contributed by atoms with van der Waals surface area (Å²) in [6, 6.07) is 18.1. The molecule has 7 heteroatoms. The van der Waals surface area contributed by atoms with Crippen LogP contribution in [0.3, 0.4) is 0 Å². The highest BCUT2D eigenvalue weighted by Crippen LogP contribution is 2.28. The number of aromatic nitrogens is 2. The largest absolute Gasteiger partial charge is 0.368 e. The number of ether oxygens (including phenoxy) is 1. The van der Waals surface area contributed by atoms with Crippen LogP contribution in [0.4, 0.5) is 5.69 Å². The van der Waals surface area contributed by atoms with Crippen molar-refractivity contribution in [2.75, 3.05) is 31.1 Å². The van der Waals surface area contributed by atoms with Crippen LogP contribution in [-0.4, -0.2) is 46.8 Å². The molecule has 1 atom stereocenters. The van der Waals surface area contributed by atoms with E-state index in [9.17, 15) is 4.79 Å². The molecule has 1 aromatic heterocycles. The van der Waals surface area contributed by atoms with Gasteiger partial charge >= 0.3 is 0 Å². The Balaban J connectivity index is 1.24. The van der Waals surface area contributed by atoms with Gasteiger partial charge in [0.1, 0.15) is 6.10 Å². The first kappa shape index (κ1) is 20.1. The number of nitrogens with zero attached hydrogens (tertiary/aromatic N) is 4. The van der Waals surface area contributed by atoms with Gasteiger partial charge in [-0.25, -0.2) is 0 Å². The zero-order valence-electron chi connectivity index (χ0n) is 17.5. The predicted octanol–water partition coefficient (Wildman–Crippen LogP) is 4.08. The maximum absolute atomic E-state index is 13.1. The van der Waals surface area contributed by atoms with E-state index in [0.717, 1.165) is 24.3 Å². The van der Waals surface area contributed by atoms with Gasteiger partial charge in [-0.1, -0.05) is 35.9 Å². The lowest BCUT2D eigenvalue weighted by atomic mass is 10.1. The summed E-state index contributed by atoms with van der Waals surface area (Å²) in [6.45, 7) is 6.16. The molecule has 1 saturated heterocycles. The zero-order valence-corrected chi connectivity index (χ0v) is 18.3. The zero-order chi connectivity index (χ0) is 21.4. The summed E-state index contributed by atoms with van der Waals surface area (Å²) < 4.78 is 7.91. The lowest BCUT2D eigenvalue weighted by Crippen LogP contribution is -2.49. The van der Waals surface area contributed by atoms with E-state index < -0.39 is 0 Å². The molecule has 6 nitrogen and oxygen atoms in total. The Morgan fingerprint density at radius 1 is 1.06 bits per heavy atom. The van der Waals surface area contributed by atoms with Crippen molar-refractivity contribution in [1.29, 1.82) is 0 Å². The summed E-state index contributed by atoms with van der Waals surface area (Å²) in [5, 5.41) is 5.32. The molecule has 0 saturated carbocycles. The minimum absolute atomic E-state index is 0.00571. The maximum atomic E-state index is 13.1. The van der Waals surface area contributed by atoms with Crippen molar-refractivity contribution < 1.29 is 9.53 Å². The second-order valence-corrected chi connectivity index (χ2v) is 8.61. The monoisotopic (exact) mass is 436 g/mol. The van der Waals surface area contributed by atoms with E-state index in [1.54, 1.807) is 0 Å². The first-order chi connectivity index (χ1) is 15.1. The van der Waals surface area contributed by atoms with Crippen LogP contribution in [-0.2, 0) is 17.9 Å². The van der Waals surface area contributed by atoms with E-state index in [0.29, 0.717) is 37.0 Å². The Kier molecular flexibility index (Phi) is 5.42. The first-order valence-corrected chi connectivity index (χ1v) is 11.0. The second-order valence-electron chi connectivity index (χ2n) is 8.17. The summed E-state index contributed by atoms with van der Waals surface area (Å²) in [5.74, 6) is -0.00571. The Hall–Kier alpha value is -2.83. The van der Waals surface area contributed by atoms with Crippen LogP contribution in [0.25, 0.3) is 0 Å². The van der Waals surface area contributed by atoms with Gasteiger partial charge in [-0.2, -0.15) is 5.10 Å². The number of aryl methyl sites for hydroxylation is 1. The van der Waals surface area contributed by atoms with Gasteiger partial charge < -0.3 is 14.5 Å². The predicted molar refractivity (Wildman–Crippen MR) is 121 cm³/mol. The number of piperazine rings is 1. The molecular weight excluding hydrogens is 412 g/mol. The third-order valence-corrected chi connectivity index (χ3v) is 6.28. The molecule has 2 aromatic carbocycles. The summed E-state index contributed by atoms with van der Waals surface area (Å²) in [4.78, 5) is 17.3. The van der Waals surface area contributed by atoms with Gasteiger partial charge in [-0.05, 0) is 48.4 Å². The van der Waals surface area contributed by atoms with Gasteiger partial charge in [-0.15, -0.1) is 0 Å². The van der Waals surface area contributed by atoms with E-state index in [-0.39, 0.29) is 12.0 Å². The van der Waals surface area contributed by atoms with Gasteiger partial charge in [0.05, 0.1) is 18.8 Å². The van der Waals surface area contributed by atoms with Crippen molar-refractivity contribution in [1.82, 2.24) is 14.7 Å². The molecule has 0 unspecified atom stereocenters. The van der Waals surface area contributed by atoms with Crippen LogP contribution in [0.2, 0.25) is 5.02 Å². The van der Waals surface area contributed by atoms with E-state index in [2.05, 4.69) is 41.2 Å². The Bertz CT molecular complexity index is 1090. The lowest BCUT2D eigenvalue weighted by Gasteiger charge is -2.36. The van der Waals surface area contributed by atoms with Crippen LogP contribution in [0, 0.1) is 6.92 Å². The second kappa shape index (κ2) is 8.36. The van der Waals surface area contributed by atoms with Crippen molar-refractivity contribution in [2.45, 2.75) is 26.2 Å². The SMILES string of the molecule is Cc1cccc(N2CCN(C(=O)c3cc4n(n3)C[C@@H](c3ccc(Cl)cc3)OC4)CC2)c1. The number of anilines is 1. The highest BCUT2D eigenvalue weighted by Gasteiger charge is 2.28. The number of carbonyl (C=O) groups excluding carboxylic acids is 1. The van der Waals surface area contributed by atoms with Crippen LogP contribution in [0.1, 0.15) is 33.4 Å². The van der Waals surface area contributed by atoms with Gasteiger partial charge in [0.2, 0.25) is 0 Å². The van der Waals surface area contributed by atoms with Crippen molar-refractivity contribution in [3.8, 4) is 0 Å². The molecule has 5 rings (SSSR count). The van der Waals surface area contributed by atoms with Crippen molar-refractivity contribution in [3.05, 3.63) is 82.1 Å². The molecule has 1 fully saturated rings. The molecule has 31 heavy (non-hydrogen) atoms. The summed E-state index contributed by atoms with van der Waals surface area (Å²) >= 11 is 5.99. The van der Waals surface area contributed by atoms with Gasteiger partial charge in [0, 0.05) is 36.9 Å². The molecule has 160 valence electrons. The average Bonchev–Trinajstić information content (AvgIpc) is 3.23. The first-order valence-electron chi connectivity index (χ1n) is 10.6. The van der Waals surface area contributed by atoms with E-state index in [1.165, 1.54) is 11.3 Å². The lowest BCUT2D eigenvalue weighted by molar-refractivity contribution is -0.00121. The highest BCUT2D eigenvalue weighted by atomic mass is 35.5. The summed E-state index contributed by atoms with van der Waals surface area (Å²) in [5.41, 5.74) is 4.96. The van der Waals surface area contributed by atoms with E-state index in [1.807, 2.05) is 39.9 Å². The number of hydrogen-bond acceptors (Lipinski definition) is 4. The number of fused-ring (bicyclic) bond motifs is 1. The number of benzene rings is 2. The normalized spacial score (nSPS) is 18.7. The average molecular weight is 437 g/mol. The Morgan fingerprint density at radius 3 is 2.58 bits per heavy atom. The minimum atomic E-state index is -0.0921. The Morgan fingerprint density at radius 2 is 1.84 bits per heavy atom. The maximum Gasteiger partial charge on any atom is 0.274 e. The number of rotatable bonds is 3. The number of carbonyl (C=O) groups is 1. The molecule has 0 bridgehead atoms. The molecule has 1 amide bonds. The van der Waals surface area contributed by atoms with Gasteiger partial charge in [0.15, 0.2) is 5.69 Å². The molecule has 0 spiro atoms. The van der Waals surface area contributed by atoms with Crippen LogP contribution < -0.4 is 4.90 Å². The van der Waals surface area contributed by atoms with Crippen LogP contribution in [0.5, 0.6) is 0 Å². The van der Waals surface area contributed by atoms with E-state index in [4.69, 9.17) is 16.3 Å². The quantitative estimate of drug-likeness (QED) is 0.620. The number of halogens is 1. The Labute approximate surface area is 187 Å². The molecule has 2 aliphatic heterocycles. The van der Waals surface area contributed by atoms with Crippen LogP contribution in [0.15, 0.2) is 54.6 Å². The molecule has 0 radical (unpaired) electrons. The fourth-order valence-corrected chi connectivity index (χ4v) is 4.39. The molecule has 0 aliphatic carbocycles. The third-order valence-electron chi connectivity index (χ3n) is 6.03.